The minimum absolute atomic E-state index is 0.0330. The Hall–Kier alpha value is -3.62. The molecule has 0 fully saturated rings. The van der Waals surface area contributed by atoms with E-state index in [1.807, 2.05) is 13.0 Å². The molecule has 0 spiro atoms. The summed E-state index contributed by atoms with van der Waals surface area (Å²) < 4.78 is 18.6. The number of benzene rings is 3. The first-order valence-electron chi connectivity index (χ1n) is 9.11. The van der Waals surface area contributed by atoms with E-state index in [4.69, 9.17) is 16.3 Å². The average Bonchev–Trinajstić information content (AvgIpc) is 2.75. The van der Waals surface area contributed by atoms with Crippen LogP contribution in [0.5, 0.6) is 5.75 Å². The number of hydrogen-bond acceptors (Lipinski definition) is 3. The van der Waals surface area contributed by atoms with Gasteiger partial charge in [-0.05, 0) is 66.1 Å². The molecular formula is C24H18ClFN2O2. The molecule has 0 saturated heterocycles. The van der Waals surface area contributed by atoms with E-state index in [1.165, 1.54) is 18.2 Å². The molecule has 6 heteroatoms. The monoisotopic (exact) mass is 420 g/mol. The lowest BCUT2D eigenvalue weighted by atomic mass is 10.1. The number of carbonyl (C=O) groups is 1. The number of amides is 1. The van der Waals surface area contributed by atoms with Gasteiger partial charge in [0.25, 0.3) is 5.91 Å². The van der Waals surface area contributed by atoms with Crippen molar-refractivity contribution in [2.24, 2.45) is 0 Å². The van der Waals surface area contributed by atoms with Gasteiger partial charge in [-0.15, -0.1) is 0 Å². The summed E-state index contributed by atoms with van der Waals surface area (Å²) in [6.07, 6.45) is 1.50. The van der Waals surface area contributed by atoms with Gasteiger partial charge < -0.3 is 10.1 Å². The van der Waals surface area contributed by atoms with Crippen LogP contribution in [0.2, 0.25) is 5.02 Å². The van der Waals surface area contributed by atoms with Crippen LogP contribution in [0.3, 0.4) is 0 Å². The lowest BCUT2D eigenvalue weighted by molar-refractivity contribution is -0.112. The first-order chi connectivity index (χ1) is 14.4. The van der Waals surface area contributed by atoms with Crippen molar-refractivity contribution in [2.75, 3.05) is 5.32 Å². The summed E-state index contributed by atoms with van der Waals surface area (Å²) in [4.78, 5) is 12.5. The highest BCUT2D eigenvalue weighted by Crippen LogP contribution is 2.21. The fourth-order valence-electron chi connectivity index (χ4n) is 2.64. The van der Waals surface area contributed by atoms with E-state index in [1.54, 1.807) is 54.6 Å². The number of rotatable bonds is 6. The van der Waals surface area contributed by atoms with Gasteiger partial charge in [-0.1, -0.05) is 41.9 Å². The van der Waals surface area contributed by atoms with Crippen molar-refractivity contribution in [1.82, 2.24) is 0 Å². The molecule has 0 radical (unpaired) electrons. The number of nitriles is 1. The van der Waals surface area contributed by atoms with Crippen molar-refractivity contribution in [3.05, 3.63) is 99.8 Å². The highest BCUT2D eigenvalue weighted by molar-refractivity contribution is 6.31. The zero-order valence-electron chi connectivity index (χ0n) is 16.2. The zero-order valence-corrected chi connectivity index (χ0v) is 16.9. The zero-order chi connectivity index (χ0) is 21.5. The van der Waals surface area contributed by atoms with Crippen molar-refractivity contribution >= 4 is 29.3 Å². The average molecular weight is 421 g/mol. The summed E-state index contributed by atoms with van der Waals surface area (Å²) in [7, 11) is 0. The number of hydrogen-bond donors (Lipinski definition) is 1. The molecule has 1 amide bonds. The van der Waals surface area contributed by atoms with E-state index in [0.29, 0.717) is 28.6 Å². The van der Waals surface area contributed by atoms with Crippen LogP contribution in [0, 0.1) is 24.1 Å². The van der Waals surface area contributed by atoms with Gasteiger partial charge in [0.2, 0.25) is 0 Å². The highest BCUT2D eigenvalue weighted by atomic mass is 35.5. The molecule has 0 aliphatic rings. The van der Waals surface area contributed by atoms with Crippen LogP contribution in [-0.2, 0) is 11.4 Å². The van der Waals surface area contributed by atoms with Crippen LogP contribution in [0.1, 0.15) is 16.7 Å². The maximum Gasteiger partial charge on any atom is 0.266 e. The van der Waals surface area contributed by atoms with Gasteiger partial charge in [-0.3, -0.25) is 4.79 Å². The van der Waals surface area contributed by atoms with E-state index in [2.05, 4.69) is 5.32 Å². The van der Waals surface area contributed by atoms with E-state index in [-0.39, 0.29) is 11.4 Å². The van der Waals surface area contributed by atoms with Crippen LogP contribution in [-0.4, -0.2) is 5.91 Å². The molecule has 0 unspecified atom stereocenters. The van der Waals surface area contributed by atoms with Gasteiger partial charge in [-0.2, -0.15) is 5.26 Å². The number of nitrogens with one attached hydrogen (secondary N) is 1. The van der Waals surface area contributed by atoms with Gasteiger partial charge in [0.15, 0.2) is 0 Å². The Morgan fingerprint density at radius 1 is 1.13 bits per heavy atom. The summed E-state index contributed by atoms with van der Waals surface area (Å²) in [6, 6.07) is 20.1. The van der Waals surface area contributed by atoms with Crippen LogP contribution < -0.4 is 10.1 Å². The molecule has 4 nitrogen and oxygen atoms in total. The Kier molecular flexibility index (Phi) is 6.84. The third-order valence-corrected chi connectivity index (χ3v) is 4.56. The fraction of sp³-hybridized carbons (Fsp3) is 0.0833. The molecule has 1 N–H and O–H groups in total. The lowest BCUT2D eigenvalue weighted by Crippen LogP contribution is -2.14. The summed E-state index contributed by atoms with van der Waals surface area (Å²) in [5.74, 6) is -0.189. The van der Waals surface area contributed by atoms with E-state index in [9.17, 15) is 14.4 Å². The van der Waals surface area contributed by atoms with Crippen molar-refractivity contribution in [2.45, 2.75) is 13.5 Å². The van der Waals surface area contributed by atoms with E-state index < -0.39 is 5.91 Å². The van der Waals surface area contributed by atoms with Crippen LogP contribution in [0.15, 0.2) is 72.3 Å². The molecule has 0 saturated carbocycles. The molecular weight excluding hydrogens is 403 g/mol. The SMILES string of the molecule is Cc1ccc(Cl)cc1NC(=O)/C(C#N)=C/c1ccc(OCc2ccc(F)cc2)cc1. The van der Waals surface area contributed by atoms with Crippen LogP contribution >= 0.6 is 11.6 Å². The van der Waals surface area contributed by atoms with Crippen molar-refractivity contribution < 1.29 is 13.9 Å². The number of aryl methyl sites for hydroxylation is 1. The Labute approximate surface area is 179 Å². The summed E-state index contributed by atoms with van der Waals surface area (Å²) >= 11 is 5.97. The first-order valence-corrected chi connectivity index (χ1v) is 9.49. The smallest absolute Gasteiger partial charge is 0.266 e. The third kappa shape index (κ3) is 5.69. The molecule has 3 aromatic rings. The summed E-state index contributed by atoms with van der Waals surface area (Å²) in [5.41, 5.74) is 2.89. The van der Waals surface area contributed by atoms with Gasteiger partial charge in [-0.25, -0.2) is 4.39 Å². The topological polar surface area (TPSA) is 62.1 Å². The van der Waals surface area contributed by atoms with Crippen molar-refractivity contribution in [1.29, 1.82) is 5.26 Å². The quantitative estimate of drug-likeness (QED) is 0.398. The Bertz CT molecular complexity index is 1120. The van der Waals surface area contributed by atoms with E-state index >= 15 is 0 Å². The Morgan fingerprint density at radius 2 is 1.83 bits per heavy atom. The largest absolute Gasteiger partial charge is 0.489 e. The van der Waals surface area contributed by atoms with Gasteiger partial charge >= 0.3 is 0 Å². The second-order valence-corrected chi connectivity index (χ2v) is 7.00. The van der Waals surface area contributed by atoms with Gasteiger partial charge in [0, 0.05) is 10.7 Å². The number of carbonyl (C=O) groups excluding carboxylic acids is 1. The second kappa shape index (κ2) is 9.73. The van der Waals surface area contributed by atoms with E-state index in [0.717, 1.165) is 11.1 Å². The predicted octanol–water partition coefficient (Wildman–Crippen LogP) is 5.91. The third-order valence-electron chi connectivity index (χ3n) is 4.32. The number of ether oxygens (including phenoxy) is 1. The molecule has 0 heterocycles. The Morgan fingerprint density at radius 3 is 2.50 bits per heavy atom. The molecule has 0 aromatic heterocycles. The van der Waals surface area contributed by atoms with Crippen molar-refractivity contribution in [3.8, 4) is 11.8 Å². The maximum absolute atomic E-state index is 12.9. The second-order valence-electron chi connectivity index (χ2n) is 6.57. The fourth-order valence-corrected chi connectivity index (χ4v) is 2.81. The minimum Gasteiger partial charge on any atom is -0.489 e. The minimum atomic E-state index is -0.514. The normalized spacial score (nSPS) is 10.9. The summed E-state index contributed by atoms with van der Waals surface area (Å²) in [5, 5.41) is 12.6. The molecule has 150 valence electrons. The molecule has 0 aliphatic heterocycles. The van der Waals surface area contributed by atoms with Crippen LogP contribution in [0.25, 0.3) is 6.08 Å². The van der Waals surface area contributed by atoms with Crippen molar-refractivity contribution in [3.63, 3.8) is 0 Å². The maximum atomic E-state index is 12.9. The lowest BCUT2D eigenvalue weighted by Gasteiger charge is -2.09. The molecule has 3 aromatic carbocycles. The molecule has 0 aliphatic carbocycles. The van der Waals surface area contributed by atoms with Gasteiger partial charge in [0.1, 0.15) is 29.8 Å². The Balaban J connectivity index is 1.66. The molecule has 0 atom stereocenters. The first kappa shape index (κ1) is 21.1. The van der Waals surface area contributed by atoms with Gasteiger partial charge in [0.05, 0.1) is 0 Å². The standard InChI is InChI=1S/C24H18ClFN2O2/c1-16-2-7-20(25)13-23(16)28-24(29)19(14-27)12-17-5-10-22(11-6-17)30-15-18-3-8-21(26)9-4-18/h2-13H,15H2,1H3,(H,28,29)/b19-12+. The predicted molar refractivity (Wildman–Crippen MR) is 116 cm³/mol. The number of nitrogens with zero attached hydrogens (tertiary/aromatic N) is 1. The number of anilines is 1. The van der Waals surface area contributed by atoms with Crippen LogP contribution in [0.4, 0.5) is 10.1 Å². The number of halogens is 2. The molecule has 0 bridgehead atoms. The molecule has 30 heavy (non-hydrogen) atoms. The molecule has 3 rings (SSSR count). The highest BCUT2D eigenvalue weighted by Gasteiger charge is 2.11. The summed E-state index contributed by atoms with van der Waals surface area (Å²) in [6.45, 7) is 2.15.